The van der Waals surface area contributed by atoms with E-state index in [-0.39, 0.29) is 34.6 Å². The summed E-state index contributed by atoms with van der Waals surface area (Å²) in [6, 6.07) is 1.84. The van der Waals surface area contributed by atoms with Crippen molar-refractivity contribution in [1.29, 1.82) is 0 Å². The molecule has 1 amide bonds. The number of ether oxygens (including phenoxy) is 1. The van der Waals surface area contributed by atoms with Crippen LogP contribution in [-0.2, 0) is 17.1 Å². The van der Waals surface area contributed by atoms with E-state index >= 15 is 0 Å². The molecular formula is C19H20F3N3O5S. The van der Waals surface area contributed by atoms with Crippen LogP contribution >= 0.6 is 0 Å². The van der Waals surface area contributed by atoms with Crippen molar-refractivity contribution in [3.8, 4) is 5.75 Å². The summed E-state index contributed by atoms with van der Waals surface area (Å²) in [5.41, 5.74) is -1.12. The number of anilines is 1. The highest BCUT2D eigenvalue weighted by Crippen LogP contribution is 2.37. The van der Waals surface area contributed by atoms with Crippen LogP contribution in [0.1, 0.15) is 35.3 Å². The van der Waals surface area contributed by atoms with Crippen LogP contribution in [0.3, 0.4) is 0 Å². The maximum absolute atomic E-state index is 13.5. The Balaban J connectivity index is 1.64. The van der Waals surface area contributed by atoms with Gasteiger partial charge in [0.1, 0.15) is 17.3 Å². The Morgan fingerprint density at radius 1 is 1.35 bits per heavy atom. The minimum absolute atomic E-state index is 0.00912. The van der Waals surface area contributed by atoms with E-state index in [2.05, 4.69) is 10.0 Å². The van der Waals surface area contributed by atoms with E-state index in [4.69, 9.17) is 4.74 Å². The van der Waals surface area contributed by atoms with Crippen molar-refractivity contribution in [1.82, 2.24) is 9.29 Å². The molecule has 1 saturated carbocycles. The van der Waals surface area contributed by atoms with E-state index < -0.39 is 45.9 Å². The van der Waals surface area contributed by atoms with Gasteiger partial charge in [0.05, 0.1) is 17.7 Å². The van der Waals surface area contributed by atoms with Gasteiger partial charge in [-0.05, 0) is 37.0 Å². The first-order chi connectivity index (χ1) is 14.6. The van der Waals surface area contributed by atoms with Crippen LogP contribution < -0.4 is 14.8 Å². The standard InChI is InChI=1S/C19H20F3N3O5S/c1-25-7-14-17(30-8-13(24-31(14,28)29)16(26)9-2-3-9)15(25)19(27)23-10-4-5-12(20)11(6-10)18(21)22/h4-7,9,13,16,18,24,26H,2-3,8H2,1H3,(H,23,27)/t13-,16?/m1/s1. The lowest BCUT2D eigenvalue weighted by molar-refractivity contribution is 0.0898. The summed E-state index contributed by atoms with van der Waals surface area (Å²) in [5, 5.41) is 12.7. The van der Waals surface area contributed by atoms with E-state index in [0.29, 0.717) is 0 Å². The number of hydrogen-bond donors (Lipinski definition) is 3. The molecule has 1 aliphatic heterocycles. The predicted octanol–water partition coefficient (Wildman–Crippen LogP) is 2.16. The third kappa shape index (κ3) is 4.14. The van der Waals surface area contributed by atoms with Gasteiger partial charge in [-0.3, -0.25) is 4.79 Å². The maximum Gasteiger partial charge on any atom is 0.276 e. The molecule has 12 heteroatoms. The minimum atomic E-state index is -4.09. The van der Waals surface area contributed by atoms with Crippen LogP contribution in [0.15, 0.2) is 29.3 Å². The summed E-state index contributed by atoms with van der Waals surface area (Å²) in [6.07, 6.45) is -1.22. The Kier molecular flexibility index (Phi) is 5.48. The molecule has 1 aliphatic carbocycles. The number of carbonyl (C=O) groups excluding carboxylic acids is 1. The first-order valence-electron chi connectivity index (χ1n) is 9.50. The molecule has 4 rings (SSSR count). The highest BCUT2D eigenvalue weighted by molar-refractivity contribution is 7.89. The van der Waals surface area contributed by atoms with Crippen LogP contribution in [0.25, 0.3) is 0 Å². The third-order valence-corrected chi connectivity index (χ3v) is 6.81. The number of halogens is 3. The molecule has 3 N–H and O–H groups in total. The van der Waals surface area contributed by atoms with Gasteiger partial charge in [0, 0.05) is 18.9 Å². The normalized spacial score (nSPS) is 21.2. The van der Waals surface area contributed by atoms with Gasteiger partial charge in [-0.2, -0.15) is 0 Å². The number of aliphatic hydroxyl groups is 1. The zero-order chi connectivity index (χ0) is 22.5. The smallest absolute Gasteiger partial charge is 0.276 e. The van der Waals surface area contributed by atoms with Crippen LogP contribution in [-0.4, -0.2) is 42.8 Å². The van der Waals surface area contributed by atoms with Gasteiger partial charge in [0.2, 0.25) is 10.0 Å². The first-order valence-corrected chi connectivity index (χ1v) is 11.0. The maximum atomic E-state index is 13.5. The van der Waals surface area contributed by atoms with E-state index in [9.17, 15) is 31.5 Å². The lowest BCUT2D eigenvalue weighted by atomic mass is 10.1. The number of sulfonamides is 1. The quantitative estimate of drug-likeness (QED) is 0.635. The van der Waals surface area contributed by atoms with Crippen molar-refractivity contribution in [2.24, 2.45) is 13.0 Å². The molecule has 0 spiro atoms. The van der Waals surface area contributed by atoms with Gasteiger partial charge >= 0.3 is 0 Å². The third-order valence-electron chi connectivity index (χ3n) is 5.33. The molecule has 0 saturated heterocycles. The Bertz CT molecular complexity index is 1130. The van der Waals surface area contributed by atoms with E-state index in [1.807, 2.05) is 0 Å². The first kappa shape index (κ1) is 21.7. The van der Waals surface area contributed by atoms with Crippen molar-refractivity contribution < 1.29 is 36.2 Å². The number of benzene rings is 1. The second kappa shape index (κ2) is 7.84. The molecule has 1 unspecified atom stereocenters. The molecule has 1 aromatic heterocycles. The summed E-state index contributed by atoms with van der Waals surface area (Å²) < 4.78 is 74.2. The van der Waals surface area contributed by atoms with Crippen molar-refractivity contribution in [3.63, 3.8) is 0 Å². The monoisotopic (exact) mass is 459 g/mol. The van der Waals surface area contributed by atoms with Gasteiger partial charge in [0.15, 0.2) is 11.4 Å². The molecular weight excluding hydrogens is 439 g/mol. The molecule has 2 atom stereocenters. The van der Waals surface area contributed by atoms with Crippen molar-refractivity contribution in [2.75, 3.05) is 11.9 Å². The number of carbonyl (C=O) groups is 1. The van der Waals surface area contributed by atoms with Crippen molar-refractivity contribution >= 4 is 21.6 Å². The molecule has 0 radical (unpaired) electrons. The number of hydrogen-bond acceptors (Lipinski definition) is 5. The topological polar surface area (TPSA) is 110 Å². The predicted molar refractivity (Wildman–Crippen MR) is 103 cm³/mol. The van der Waals surface area contributed by atoms with Crippen LogP contribution in [0.2, 0.25) is 0 Å². The Morgan fingerprint density at radius 3 is 2.71 bits per heavy atom. The molecule has 1 fully saturated rings. The molecule has 1 aromatic carbocycles. The number of nitrogens with one attached hydrogen (secondary N) is 2. The second-order valence-electron chi connectivity index (χ2n) is 7.64. The van der Waals surface area contributed by atoms with Gasteiger partial charge in [0.25, 0.3) is 12.3 Å². The zero-order valence-corrected chi connectivity index (χ0v) is 17.1. The highest BCUT2D eigenvalue weighted by atomic mass is 32.2. The number of alkyl halides is 2. The molecule has 2 aromatic rings. The van der Waals surface area contributed by atoms with Gasteiger partial charge < -0.3 is 19.7 Å². The fourth-order valence-corrected chi connectivity index (χ4v) is 4.98. The Morgan fingerprint density at radius 2 is 2.06 bits per heavy atom. The summed E-state index contributed by atoms with van der Waals surface area (Å²) >= 11 is 0. The largest absolute Gasteiger partial charge is 0.488 e. The SMILES string of the molecule is Cn1cc2c(c1C(=O)Nc1ccc(F)c(C(F)F)c1)OC[C@H](C(O)C1CC1)NS2(=O)=O. The van der Waals surface area contributed by atoms with Crippen molar-refractivity contribution in [2.45, 2.75) is 36.3 Å². The Hall–Kier alpha value is -2.57. The van der Waals surface area contributed by atoms with E-state index in [0.717, 1.165) is 31.0 Å². The molecule has 2 heterocycles. The molecule has 168 valence electrons. The number of amides is 1. The second-order valence-corrected chi connectivity index (χ2v) is 9.32. The molecule has 31 heavy (non-hydrogen) atoms. The summed E-state index contributed by atoms with van der Waals surface area (Å²) in [4.78, 5) is 12.6. The van der Waals surface area contributed by atoms with Gasteiger partial charge in [-0.25, -0.2) is 26.3 Å². The number of nitrogens with zero attached hydrogens (tertiary/aromatic N) is 1. The molecule has 2 aliphatic rings. The molecule has 0 bridgehead atoms. The summed E-state index contributed by atoms with van der Waals surface area (Å²) in [5.74, 6) is -2.16. The lowest BCUT2D eigenvalue weighted by Gasteiger charge is -2.21. The highest BCUT2D eigenvalue weighted by Gasteiger charge is 2.41. The number of rotatable bonds is 5. The number of aryl methyl sites for hydroxylation is 1. The number of fused-ring (bicyclic) bond motifs is 1. The lowest BCUT2D eigenvalue weighted by Crippen LogP contribution is -2.46. The van der Waals surface area contributed by atoms with Crippen LogP contribution in [0.5, 0.6) is 5.75 Å². The zero-order valence-electron chi connectivity index (χ0n) is 16.3. The average Bonchev–Trinajstić information content (AvgIpc) is 3.49. The fraction of sp³-hybridized carbons (Fsp3) is 0.421. The van der Waals surface area contributed by atoms with Crippen molar-refractivity contribution in [3.05, 3.63) is 41.5 Å². The van der Waals surface area contributed by atoms with E-state index in [1.54, 1.807) is 0 Å². The summed E-state index contributed by atoms with van der Waals surface area (Å²) in [6.45, 7) is -0.194. The number of aliphatic hydroxyl groups excluding tert-OH is 1. The van der Waals surface area contributed by atoms with Gasteiger partial charge in [-0.15, -0.1) is 0 Å². The fourth-order valence-electron chi connectivity index (χ4n) is 3.55. The molecule has 8 nitrogen and oxygen atoms in total. The summed E-state index contributed by atoms with van der Waals surface area (Å²) in [7, 11) is -2.67. The number of aromatic nitrogens is 1. The average molecular weight is 459 g/mol. The van der Waals surface area contributed by atoms with E-state index in [1.165, 1.54) is 17.8 Å². The van der Waals surface area contributed by atoms with Crippen LogP contribution in [0, 0.1) is 11.7 Å². The Labute approximate surface area is 176 Å². The minimum Gasteiger partial charge on any atom is -0.488 e. The van der Waals surface area contributed by atoms with Gasteiger partial charge in [-0.1, -0.05) is 0 Å². The van der Waals surface area contributed by atoms with Crippen LogP contribution in [0.4, 0.5) is 18.9 Å².